The highest BCUT2D eigenvalue weighted by molar-refractivity contribution is 7.89. The van der Waals surface area contributed by atoms with Gasteiger partial charge in [-0.3, -0.25) is 0 Å². The van der Waals surface area contributed by atoms with Crippen molar-refractivity contribution < 1.29 is 26.3 Å². The largest absolute Gasteiger partial charge is 0.468 e. The number of nitrogens with two attached hydrogens (primary N) is 1. The van der Waals surface area contributed by atoms with Crippen molar-refractivity contribution in [2.45, 2.75) is 37.4 Å². The molecule has 0 aromatic carbocycles. The van der Waals surface area contributed by atoms with Crippen LogP contribution < -0.4 is 15.2 Å². The molecule has 3 N–H and O–H groups in total. The molecule has 0 bridgehead atoms. The number of rotatable bonds is 8. The quantitative estimate of drug-likeness (QED) is 0.707. The molecule has 0 fully saturated rings. The Morgan fingerprint density at radius 3 is 2.38 bits per heavy atom. The third-order valence-electron chi connectivity index (χ3n) is 2.77. The molecule has 0 aliphatic rings. The molecule has 1 aromatic rings. The minimum absolute atomic E-state index is 0. The highest BCUT2D eigenvalue weighted by Gasteiger charge is 2.28. The first-order chi connectivity index (χ1) is 10.5. The minimum atomic E-state index is -4.49. The number of ether oxygens (including phenoxy) is 1. The Morgan fingerprint density at radius 2 is 1.96 bits per heavy atom. The van der Waals surface area contributed by atoms with Crippen LogP contribution in [0.15, 0.2) is 23.2 Å². The number of aromatic nitrogens is 1. The molecule has 0 saturated heterocycles. The molecule has 24 heavy (non-hydrogen) atoms. The first-order valence-corrected chi connectivity index (χ1v) is 8.40. The summed E-state index contributed by atoms with van der Waals surface area (Å²) in [6.07, 6.45) is -2.98. The van der Waals surface area contributed by atoms with Crippen LogP contribution in [0.3, 0.4) is 0 Å². The monoisotopic (exact) mass is 391 g/mol. The number of nitrogens with zero attached hydrogens (tertiary/aromatic N) is 1. The van der Waals surface area contributed by atoms with E-state index in [2.05, 4.69) is 14.4 Å². The summed E-state index contributed by atoms with van der Waals surface area (Å²) in [5.41, 5.74) is 5.54. The number of nitrogens with one attached hydrogen (secondary N) is 1. The summed E-state index contributed by atoms with van der Waals surface area (Å²) in [6, 6.07) is 1.77. The molecule has 0 amide bonds. The molecule has 1 atom stereocenters. The Labute approximate surface area is 145 Å². The van der Waals surface area contributed by atoms with Gasteiger partial charge >= 0.3 is 6.18 Å². The maximum Gasteiger partial charge on any atom is 0.422 e. The van der Waals surface area contributed by atoms with Crippen molar-refractivity contribution >= 4 is 22.4 Å². The number of alkyl halides is 3. The van der Waals surface area contributed by atoms with E-state index in [0.717, 1.165) is 18.3 Å². The van der Waals surface area contributed by atoms with Crippen LogP contribution >= 0.6 is 12.4 Å². The van der Waals surface area contributed by atoms with Crippen LogP contribution in [0.25, 0.3) is 0 Å². The van der Waals surface area contributed by atoms with Crippen molar-refractivity contribution in [2.24, 2.45) is 11.7 Å². The van der Waals surface area contributed by atoms with Crippen LogP contribution in [0.1, 0.15) is 20.3 Å². The fourth-order valence-electron chi connectivity index (χ4n) is 1.82. The molecule has 0 saturated carbocycles. The third kappa shape index (κ3) is 8.13. The summed E-state index contributed by atoms with van der Waals surface area (Å²) in [5, 5.41) is 0. The van der Waals surface area contributed by atoms with Crippen molar-refractivity contribution in [1.82, 2.24) is 9.71 Å². The van der Waals surface area contributed by atoms with E-state index in [1.54, 1.807) is 0 Å². The smallest absolute Gasteiger partial charge is 0.422 e. The van der Waals surface area contributed by atoms with Crippen molar-refractivity contribution in [3.05, 3.63) is 18.3 Å². The summed E-state index contributed by atoms with van der Waals surface area (Å²) < 4.78 is 67.3. The van der Waals surface area contributed by atoms with E-state index in [1.165, 1.54) is 0 Å². The summed E-state index contributed by atoms with van der Waals surface area (Å²) in [4.78, 5) is 3.40. The number of pyridine rings is 1. The van der Waals surface area contributed by atoms with E-state index in [4.69, 9.17) is 5.73 Å². The minimum Gasteiger partial charge on any atom is -0.468 e. The topological polar surface area (TPSA) is 94.3 Å². The van der Waals surface area contributed by atoms with Gasteiger partial charge < -0.3 is 10.5 Å². The molecule has 1 heterocycles. The van der Waals surface area contributed by atoms with Gasteiger partial charge in [0.2, 0.25) is 15.9 Å². The molecule has 6 nitrogen and oxygen atoms in total. The lowest BCUT2D eigenvalue weighted by Crippen LogP contribution is -2.41. The second-order valence-electron chi connectivity index (χ2n) is 5.42. The van der Waals surface area contributed by atoms with Crippen LogP contribution in [-0.2, 0) is 10.0 Å². The molecule has 11 heteroatoms. The fraction of sp³-hybridized carbons (Fsp3) is 0.615. The molecule has 140 valence electrons. The van der Waals surface area contributed by atoms with Gasteiger partial charge in [-0.2, -0.15) is 13.2 Å². The molecular weight excluding hydrogens is 371 g/mol. The first-order valence-electron chi connectivity index (χ1n) is 6.91. The normalized spacial score (nSPS) is 13.5. The van der Waals surface area contributed by atoms with Gasteiger partial charge in [0, 0.05) is 18.7 Å². The molecule has 0 radical (unpaired) electrons. The zero-order chi connectivity index (χ0) is 17.7. The molecule has 1 rings (SSSR count). The van der Waals surface area contributed by atoms with Crippen molar-refractivity contribution in [1.29, 1.82) is 0 Å². The predicted octanol–water partition coefficient (Wildman–Crippen LogP) is 2.10. The Bertz CT molecular complexity index is 595. The number of hydrogen-bond donors (Lipinski definition) is 2. The standard InChI is InChI=1S/C13H20F3N3O3S.ClH/c1-9(2)5-10(6-17)19-23(20,21)11-3-4-12(18-7-11)22-8-13(14,15)16;/h3-4,7,9-10,19H,5-6,8,17H2,1-2H3;1H. The van der Waals surface area contributed by atoms with Crippen molar-refractivity contribution in [3.8, 4) is 5.88 Å². The lowest BCUT2D eigenvalue weighted by Gasteiger charge is -2.18. The number of sulfonamides is 1. The van der Waals surface area contributed by atoms with Gasteiger partial charge in [-0.1, -0.05) is 13.8 Å². The zero-order valence-electron chi connectivity index (χ0n) is 13.2. The van der Waals surface area contributed by atoms with Gasteiger partial charge in [0.1, 0.15) is 4.90 Å². The maximum absolute atomic E-state index is 12.2. The summed E-state index contributed by atoms with van der Waals surface area (Å²) in [7, 11) is -3.85. The molecule has 0 aliphatic carbocycles. The van der Waals surface area contributed by atoms with E-state index in [9.17, 15) is 21.6 Å². The zero-order valence-corrected chi connectivity index (χ0v) is 14.8. The Morgan fingerprint density at radius 1 is 1.33 bits per heavy atom. The average Bonchev–Trinajstić information content (AvgIpc) is 2.43. The van der Waals surface area contributed by atoms with Crippen LogP contribution in [0, 0.1) is 5.92 Å². The second-order valence-corrected chi connectivity index (χ2v) is 7.13. The van der Waals surface area contributed by atoms with Crippen molar-refractivity contribution in [2.75, 3.05) is 13.2 Å². The second kappa shape index (κ2) is 9.40. The van der Waals surface area contributed by atoms with Gasteiger partial charge in [-0.25, -0.2) is 18.1 Å². The van der Waals surface area contributed by atoms with Gasteiger partial charge in [-0.15, -0.1) is 12.4 Å². The predicted molar refractivity (Wildman–Crippen MR) is 85.7 cm³/mol. The van der Waals surface area contributed by atoms with Crippen LogP contribution in [0.2, 0.25) is 0 Å². The summed E-state index contributed by atoms with van der Waals surface area (Å²) >= 11 is 0. The Kier molecular flexibility index (Phi) is 8.97. The number of halogens is 4. The van der Waals surface area contributed by atoms with E-state index < -0.39 is 28.8 Å². The van der Waals surface area contributed by atoms with Gasteiger partial charge in [-0.05, 0) is 18.4 Å². The molecule has 1 aromatic heterocycles. The number of hydrogen-bond acceptors (Lipinski definition) is 5. The fourth-order valence-corrected chi connectivity index (χ4v) is 3.02. The highest BCUT2D eigenvalue weighted by Crippen LogP contribution is 2.18. The van der Waals surface area contributed by atoms with E-state index >= 15 is 0 Å². The SMILES string of the molecule is CC(C)CC(CN)NS(=O)(=O)c1ccc(OCC(F)(F)F)nc1.Cl. The molecular formula is C13H21ClF3N3O3S. The van der Waals surface area contributed by atoms with E-state index in [-0.39, 0.29) is 35.6 Å². The summed E-state index contributed by atoms with van der Waals surface area (Å²) in [5.74, 6) is -0.0543. The molecule has 0 aliphatic heterocycles. The van der Waals surface area contributed by atoms with Gasteiger partial charge in [0.15, 0.2) is 6.61 Å². The average molecular weight is 392 g/mol. The van der Waals surface area contributed by atoms with Crippen molar-refractivity contribution in [3.63, 3.8) is 0 Å². The summed E-state index contributed by atoms with van der Waals surface area (Å²) in [6.45, 7) is 2.52. The van der Waals surface area contributed by atoms with Crippen LogP contribution in [0.4, 0.5) is 13.2 Å². The van der Waals surface area contributed by atoms with Gasteiger partial charge in [0.25, 0.3) is 0 Å². The first kappa shape index (κ1) is 22.9. The van der Waals surface area contributed by atoms with Crippen LogP contribution in [-0.4, -0.2) is 38.8 Å². The van der Waals surface area contributed by atoms with E-state index in [0.29, 0.717) is 6.42 Å². The lowest BCUT2D eigenvalue weighted by molar-refractivity contribution is -0.154. The molecule has 1 unspecified atom stereocenters. The Hall–Kier alpha value is -1.10. The van der Waals surface area contributed by atoms with Gasteiger partial charge in [0.05, 0.1) is 6.20 Å². The third-order valence-corrected chi connectivity index (χ3v) is 4.27. The highest BCUT2D eigenvalue weighted by atomic mass is 35.5. The Balaban J connectivity index is 0.00000529. The lowest BCUT2D eigenvalue weighted by atomic mass is 10.1. The van der Waals surface area contributed by atoms with E-state index in [1.807, 2.05) is 13.8 Å². The maximum atomic E-state index is 12.2. The van der Waals surface area contributed by atoms with Crippen LogP contribution in [0.5, 0.6) is 5.88 Å². The molecule has 0 spiro atoms.